The molecule has 1 saturated heterocycles. The van der Waals surface area contributed by atoms with Crippen LogP contribution in [0, 0.1) is 0 Å². The molecular formula is C23H26N6O3. The summed E-state index contributed by atoms with van der Waals surface area (Å²) in [5.74, 6) is 1.51. The lowest BCUT2D eigenvalue weighted by atomic mass is 9.88. The van der Waals surface area contributed by atoms with E-state index in [1.807, 2.05) is 32.0 Å². The predicted molar refractivity (Wildman–Crippen MR) is 120 cm³/mol. The first-order valence-corrected chi connectivity index (χ1v) is 11.0. The summed E-state index contributed by atoms with van der Waals surface area (Å²) in [6.45, 7) is 5.19. The van der Waals surface area contributed by atoms with Crippen molar-refractivity contribution in [3.05, 3.63) is 42.0 Å². The maximum absolute atomic E-state index is 12.9. The molecule has 0 spiro atoms. The highest BCUT2D eigenvalue weighted by atomic mass is 16.6. The first kappa shape index (κ1) is 20.4. The van der Waals surface area contributed by atoms with Gasteiger partial charge in [0.05, 0.1) is 12.4 Å². The fourth-order valence-corrected chi connectivity index (χ4v) is 4.38. The van der Waals surface area contributed by atoms with Crippen molar-refractivity contribution >= 4 is 28.5 Å². The minimum absolute atomic E-state index is 0.0571. The van der Waals surface area contributed by atoms with Crippen molar-refractivity contribution in [2.24, 2.45) is 5.16 Å². The van der Waals surface area contributed by atoms with Crippen LogP contribution in [0.1, 0.15) is 49.0 Å². The molecule has 2 aromatic heterocycles. The van der Waals surface area contributed by atoms with Crippen molar-refractivity contribution in [1.29, 1.82) is 0 Å². The van der Waals surface area contributed by atoms with Crippen molar-refractivity contribution in [1.82, 2.24) is 19.9 Å². The van der Waals surface area contributed by atoms with E-state index in [1.165, 1.54) is 0 Å². The van der Waals surface area contributed by atoms with Gasteiger partial charge in [-0.3, -0.25) is 4.79 Å². The molecule has 0 radical (unpaired) electrons. The maximum atomic E-state index is 12.9. The largest absolute Gasteiger partial charge is 0.491 e. The fraction of sp³-hybridized carbons (Fsp3) is 0.435. The van der Waals surface area contributed by atoms with E-state index in [2.05, 4.69) is 30.0 Å². The molecular weight excluding hydrogens is 408 g/mol. The van der Waals surface area contributed by atoms with Crippen LogP contribution < -0.4 is 9.64 Å². The van der Waals surface area contributed by atoms with Crippen LogP contribution in [0.25, 0.3) is 11.2 Å². The number of anilines is 1. The van der Waals surface area contributed by atoms with Crippen LogP contribution in [-0.2, 0) is 11.3 Å². The van der Waals surface area contributed by atoms with Crippen LogP contribution in [0.2, 0.25) is 0 Å². The zero-order valence-electron chi connectivity index (χ0n) is 18.2. The van der Waals surface area contributed by atoms with Crippen LogP contribution in [0.5, 0.6) is 5.75 Å². The Morgan fingerprint density at radius 1 is 1.25 bits per heavy atom. The summed E-state index contributed by atoms with van der Waals surface area (Å²) >= 11 is 0. The molecule has 9 heteroatoms. The Bertz CT molecular complexity index is 1170. The quantitative estimate of drug-likeness (QED) is 0.593. The van der Waals surface area contributed by atoms with Gasteiger partial charge < -0.3 is 19.5 Å². The fourth-order valence-electron chi connectivity index (χ4n) is 4.38. The third kappa shape index (κ3) is 3.79. The number of benzene rings is 1. The van der Waals surface area contributed by atoms with Gasteiger partial charge in [0.2, 0.25) is 5.78 Å². The molecule has 3 aromatic rings. The Kier molecular flexibility index (Phi) is 5.46. The number of ether oxygens (including phenoxy) is 1. The van der Waals surface area contributed by atoms with Gasteiger partial charge in [0.15, 0.2) is 11.5 Å². The SMILES string of the molecule is CC(C)O/N=C1/CCc2c(OC[C@H]3CCCN3c3ncnc4[nH]cnc34)cccc2C1=O. The monoisotopic (exact) mass is 434 g/mol. The third-order valence-corrected chi connectivity index (χ3v) is 5.90. The van der Waals surface area contributed by atoms with Crippen molar-refractivity contribution in [2.75, 3.05) is 18.1 Å². The van der Waals surface area contributed by atoms with Crippen molar-refractivity contribution < 1.29 is 14.4 Å². The van der Waals surface area contributed by atoms with E-state index in [9.17, 15) is 4.79 Å². The van der Waals surface area contributed by atoms with E-state index >= 15 is 0 Å². The van der Waals surface area contributed by atoms with Gasteiger partial charge in [0.1, 0.15) is 36.0 Å². The Balaban J connectivity index is 1.33. The molecule has 1 aliphatic carbocycles. The summed E-state index contributed by atoms with van der Waals surface area (Å²) in [4.78, 5) is 36.6. The number of aromatic amines is 1. The molecule has 1 N–H and O–H groups in total. The Morgan fingerprint density at radius 3 is 3.03 bits per heavy atom. The molecule has 0 unspecified atom stereocenters. The number of hydrogen-bond donors (Lipinski definition) is 1. The number of rotatable bonds is 6. The second-order valence-corrected chi connectivity index (χ2v) is 8.40. The Hall–Kier alpha value is -3.49. The van der Waals surface area contributed by atoms with Crippen molar-refractivity contribution in [2.45, 2.75) is 51.7 Å². The molecule has 166 valence electrons. The minimum atomic E-state index is -0.0817. The minimum Gasteiger partial charge on any atom is -0.491 e. The van der Waals surface area contributed by atoms with Crippen LogP contribution >= 0.6 is 0 Å². The molecule has 1 aromatic carbocycles. The van der Waals surface area contributed by atoms with Crippen LogP contribution in [0.4, 0.5) is 5.82 Å². The van der Waals surface area contributed by atoms with Gasteiger partial charge in [0, 0.05) is 24.1 Å². The zero-order valence-corrected chi connectivity index (χ0v) is 18.2. The summed E-state index contributed by atoms with van der Waals surface area (Å²) < 4.78 is 6.28. The number of carbonyl (C=O) groups excluding carboxylic acids is 1. The highest BCUT2D eigenvalue weighted by molar-refractivity contribution is 6.47. The number of aromatic nitrogens is 4. The molecule has 1 fully saturated rings. The Labute approximate surface area is 185 Å². The van der Waals surface area contributed by atoms with Gasteiger partial charge in [-0.1, -0.05) is 17.3 Å². The van der Waals surface area contributed by atoms with Gasteiger partial charge in [-0.05, 0) is 39.2 Å². The zero-order chi connectivity index (χ0) is 22.1. The number of ketones is 1. The lowest BCUT2D eigenvalue weighted by molar-refractivity contribution is 0.0826. The molecule has 0 bridgehead atoms. The van der Waals surface area contributed by atoms with Crippen LogP contribution in [0.15, 0.2) is 36.0 Å². The van der Waals surface area contributed by atoms with E-state index in [-0.39, 0.29) is 17.9 Å². The molecule has 9 nitrogen and oxygen atoms in total. The number of hydrogen-bond acceptors (Lipinski definition) is 8. The Morgan fingerprint density at radius 2 is 2.16 bits per heavy atom. The van der Waals surface area contributed by atoms with E-state index in [1.54, 1.807) is 12.7 Å². The topological polar surface area (TPSA) is 106 Å². The molecule has 1 atom stereocenters. The number of oxime groups is 1. The number of carbonyl (C=O) groups is 1. The smallest absolute Gasteiger partial charge is 0.210 e. The lowest BCUT2D eigenvalue weighted by Gasteiger charge is -2.27. The first-order valence-electron chi connectivity index (χ1n) is 11.0. The van der Waals surface area contributed by atoms with E-state index in [0.717, 1.165) is 47.7 Å². The number of nitrogens with one attached hydrogen (secondary N) is 1. The molecule has 3 heterocycles. The van der Waals surface area contributed by atoms with E-state index in [0.29, 0.717) is 30.7 Å². The normalized spacial score (nSPS) is 19.7. The molecule has 0 saturated carbocycles. The van der Waals surface area contributed by atoms with Gasteiger partial charge in [-0.15, -0.1) is 0 Å². The second kappa shape index (κ2) is 8.57. The summed E-state index contributed by atoms with van der Waals surface area (Å²) in [6, 6.07) is 5.82. The highest BCUT2D eigenvalue weighted by Crippen LogP contribution is 2.32. The van der Waals surface area contributed by atoms with Crippen LogP contribution in [0.3, 0.4) is 0 Å². The number of H-pyrrole nitrogens is 1. The third-order valence-electron chi connectivity index (χ3n) is 5.90. The summed E-state index contributed by atoms with van der Waals surface area (Å²) in [6.07, 6.45) is 6.46. The molecule has 1 aliphatic heterocycles. The van der Waals surface area contributed by atoms with Crippen molar-refractivity contribution in [3.8, 4) is 5.75 Å². The van der Waals surface area contributed by atoms with Gasteiger partial charge >= 0.3 is 0 Å². The van der Waals surface area contributed by atoms with Gasteiger partial charge in [-0.25, -0.2) is 15.0 Å². The molecule has 2 aliphatic rings. The maximum Gasteiger partial charge on any atom is 0.210 e. The van der Waals surface area contributed by atoms with Crippen LogP contribution in [-0.4, -0.2) is 56.7 Å². The average Bonchev–Trinajstić information content (AvgIpc) is 3.46. The standard InChI is InChI=1S/C23H26N6O3/c1-14(2)32-28-18-9-8-16-17(21(18)30)6-3-7-19(16)31-11-15-5-4-10-29(15)23-20-22(25-12-24-20)26-13-27-23/h3,6-7,12-15H,4-5,8-11H2,1-2H3,(H,24,25,26,27)/b28-18-/t15-/m1/s1. The van der Waals surface area contributed by atoms with Gasteiger partial charge in [-0.2, -0.15) is 0 Å². The number of Topliss-reactive ketones (excluding diaryl/α,β-unsaturated/α-hetero) is 1. The summed E-state index contributed by atoms with van der Waals surface area (Å²) in [5, 5.41) is 4.06. The van der Waals surface area contributed by atoms with Gasteiger partial charge in [0.25, 0.3) is 0 Å². The highest BCUT2D eigenvalue weighted by Gasteiger charge is 2.30. The first-order chi connectivity index (χ1) is 15.6. The van der Waals surface area contributed by atoms with E-state index in [4.69, 9.17) is 9.57 Å². The van der Waals surface area contributed by atoms with Crippen molar-refractivity contribution in [3.63, 3.8) is 0 Å². The molecule has 5 rings (SSSR count). The number of nitrogens with zero attached hydrogens (tertiary/aromatic N) is 5. The lowest BCUT2D eigenvalue weighted by Crippen LogP contribution is -2.35. The predicted octanol–water partition coefficient (Wildman–Crippen LogP) is 3.31. The number of imidazole rings is 1. The van der Waals surface area contributed by atoms with E-state index < -0.39 is 0 Å². The second-order valence-electron chi connectivity index (χ2n) is 8.40. The molecule has 0 amide bonds. The molecule has 32 heavy (non-hydrogen) atoms. The number of fused-ring (bicyclic) bond motifs is 2. The summed E-state index contributed by atoms with van der Waals surface area (Å²) in [7, 11) is 0. The summed E-state index contributed by atoms with van der Waals surface area (Å²) in [5.41, 5.74) is 3.57. The average molecular weight is 435 g/mol.